The van der Waals surface area contributed by atoms with Gasteiger partial charge in [-0.25, -0.2) is 9.59 Å². The first-order valence-corrected chi connectivity index (χ1v) is 10.0. The molecule has 1 atom stereocenters. The maximum Gasteiger partial charge on any atom is 0.384 e. The lowest BCUT2D eigenvalue weighted by atomic mass is 9.89. The average Bonchev–Trinajstić information content (AvgIpc) is 2.98. The fraction of sp³-hybridized carbons (Fsp3) is 0.333. The Labute approximate surface area is 179 Å². The van der Waals surface area contributed by atoms with Crippen molar-refractivity contribution in [3.05, 3.63) is 64.7 Å². The topological polar surface area (TPSA) is 102 Å². The third-order valence-electron chi connectivity index (χ3n) is 5.63. The number of phenolic OH excluding ortho intramolecular Hbond substituents is 1. The summed E-state index contributed by atoms with van der Waals surface area (Å²) in [5, 5.41) is 20.6. The number of carbonyl (C=O) groups is 2. The van der Waals surface area contributed by atoms with Crippen molar-refractivity contribution in [3.8, 4) is 11.5 Å². The van der Waals surface area contributed by atoms with Crippen molar-refractivity contribution in [2.75, 3.05) is 7.11 Å². The summed E-state index contributed by atoms with van der Waals surface area (Å²) in [5.74, 6) is -3.63. The van der Waals surface area contributed by atoms with E-state index in [9.17, 15) is 19.8 Å². The van der Waals surface area contributed by atoms with E-state index in [2.05, 4.69) is 4.74 Å². The van der Waals surface area contributed by atoms with Gasteiger partial charge in [-0.3, -0.25) is 0 Å². The number of hydrogen-bond donors (Lipinski definition) is 2. The highest BCUT2D eigenvalue weighted by Gasteiger charge is 2.54. The van der Waals surface area contributed by atoms with Gasteiger partial charge >= 0.3 is 17.7 Å². The molecule has 0 saturated heterocycles. The van der Waals surface area contributed by atoms with Gasteiger partial charge in [0.2, 0.25) is 0 Å². The molecule has 2 aliphatic heterocycles. The molecule has 31 heavy (non-hydrogen) atoms. The summed E-state index contributed by atoms with van der Waals surface area (Å²) < 4.78 is 15.8. The van der Waals surface area contributed by atoms with Gasteiger partial charge in [0.1, 0.15) is 17.1 Å². The molecule has 0 amide bonds. The SMILES string of the molecule is COC(=O)C1(O)OC(=O)C(Cc2ccc3c(c2)CCC(C)(C)O3)=C1c1ccc(O)cc1. The Morgan fingerprint density at radius 3 is 2.52 bits per heavy atom. The molecule has 1 unspecified atom stereocenters. The summed E-state index contributed by atoms with van der Waals surface area (Å²) in [6.45, 7) is 4.08. The number of esters is 2. The average molecular weight is 424 g/mol. The minimum Gasteiger partial charge on any atom is -0.508 e. The van der Waals surface area contributed by atoms with Crippen LogP contribution < -0.4 is 4.74 Å². The van der Waals surface area contributed by atoms with Crippen molar-refractivity contribution in [3.63, 3.8) is 0 Å². The van der Waals surface area contributed by atoms with Crippen LogP contribution in [0.1, 0.15) is 37.0 Å². The summed E-state index contributed by atoms with van der Waals surface area (Å²) in [4.78, 5) is 25.1. The molecular formula is C24H24O7. The second kappa shape index (κ2) is 7.42. The number of ether oxygens (including phenoxy) is 3. The number of carbonyl (C=O) groups excluding carboxylic acids is 2. The van der Waals surface area contributed by atoms with Gasteiger partial charge in [-0.05, 0) is 61.6 Å². The lowest BCUT2D eigenvalue weighted by molar-refractivity contribution is -0.200. The first-order chi connectivity index (χ1) is 14.6. The number of aryl methyl sites for hydroxylation is 1. The first-order valence-electron chi connectivity index (χ1n) is 10.0. The Hall–Kier alpha value is -3.32. The molecule has 2 heterocycles. The fourth-order valence-electron chi connectivity index (χ4n) is 4.02. The van der Waals surface area contributed by atoms with Crippen LogP contribution >= 0.6 is 0 Å². The molecule has 0 aromatic heterocycles. The van der Waals surface area contributed by atoms with E-state index in [-0.39, 0.29) is 28.9 Å². The standard InChI is InChI=1S/C24H24O7/c1-23(2)11-10-16-12-14(4-9-19(16)30-23)13-18-20(15-5-7-17(25)8-6-15)24(28,22(27)29-3)31-21(18)26/h4-9,12,25,28H,10-11,13H2,1-3H3. The highest BCUT2D eigenvalue weighted by molar-refractivity contribution is 6.11. The van der Waals surface area contributed by atoms with Crippen molar-refractivity contribution in [2.24, 2.45) is 0 Å². The van der Waals surface area contributed by atoms with Crippen molar-refractivity contribution in [1.82, 2.24) is 0 Å². The van der Waals surface area contributed by atoms with Gasteiger partial charge in [0, 0.05) is 6.42 Å². The number of methoxy groups -OCH3 is 1. The quantitative estimate of drug-likeness (QED) is 0.728. The summed E-state index contributed by atoms with van der Waals surface area (Å²) in [6, 6.07) is 11.5. The van der Waals surface area contributed by atoms with Crippen molar-refractivity contribution in [1.29, 1.82) is 0 Å². The molecule has 0 bridgehead atoms. The van der Waals surface area contributed by atoms with E-state index in [1.807, 2.05) is 32.0 Å². The predicted octanol–water partition coefficient (Wildman–Crippen LogP) is 2.91. The molecule has 162 valence electrons. The maximum atomic E-state index is 12.7. The Balaban J connectivity index is 1.77. The van der Waals surface area contributed by atoms with Crippen LogP contribution in [0.2, 0.25) is 0 Å². The van der Waals surface area contributed by atoms with Crippen LogP contribution in [0.15, 0.2) is 48.0 Å². The number of aliphatic hydroxyl groups is 1. The fourth-order valence-corrected chi connectivity index (χ4v) is 4.02. The molecule has 2 aliphatic rings. The Kier molecular flexibility index (Phi) is 5.01. The highest BCUT2D eigenvalue weighted by atomic mass is 16.7. The number of cyclic esters (lactones) is 1. The maximum absolute atomic E-state index is 12.7. The van der Waals surface area contributed by atoms with E-state index in [0.717, 1.165) is 36.8 Å². The van der Waals surface area contributed by atoms with E-state index in [1.165, 1.54) is 24.3 Å². The van der Waals surface area contributed by atoms with Gasteiger partial charge in [-0.15, -0.1) is 0 Å². The number of fused-ring (bicyclic) bond motifs is 1. The second-order valence-corrected chi connectivity index (χ2v) is 8.41. The zero-order chi connectivity index (χ0) is 22.4. The summed E-state index contributed by atoms with van der Waals surface area (Å²) in [5.41, 5.74) is 2.16. The minimum atomic E-state index is -2.56. The third-order valence-corrected chi connectivity index (χ3v) is 5.63. The molecule has 2 aromatic carbocycles. The normalized spacial score (nSPS) is 21.9. The lowest BCUT2D eigenvalue weighted by Crippen LogP contribution is -2.41. The van der Waals surface area contributed by atoms with E-state index < -0.39 is 17.7 Å². The van der Waals surface area contributed by atoms with Crippen molar-refractivity contribution < 1.29 is 34.0 Å². The second-order valence-electron chi connectivity index (χ2n) is 8.41. The van der Waals surface area contributed by atoms with Gasteiger partial charge in [-0.1, -0.05) is 24.3 Å². The number of aromatic hydroxyl groups is 1. The number of hydrogen-bond acceptors (Lipinski definition) is 7. The molecule has 2 N–H and O–H groups in total. The smallest absolute Gasteiger partial charge is 0.384 e. The van der Waals surface area contributed by atoms with E-state index in [0.29, 0.717) is 5.56 Å². The predicted molar refractivity (Wildman–Crippen MR) is 111 cm³/mol. The lowest BCUT2D eigenvalue weighted by Gasteiger charge is -2.32. The van der Waals surface area contributed by atoms with E-state index in [4.69, 9.17) is 9.47 Å². The summed E-state index contributed by atoms with van der Waals surface area (Å²) >= 11 is 0. The van der Waals surface area contributed by atoms with Crippen LogP contribution in [0.25, 0.3) is 5.57 Å². The molecule has 4 rings (SSSR count). The van der Waals surface area contributed by atoms with E-state index in [1.54, 1.807) is 0 Å². The summed E-state index contributed by atoms with van der Waals surface area (Å²) in [7, 11) is 1.10. The molecule has 0 saturated carbocycles. The van der Waals surface area contributed by atoms with Crippen LogP contribution in [0.4, 0.5) is 0 Å². The van der Waals surface area contributed by atoms with Crippen molar-refractivity contribution >= 4 is 17.5 Å². The molecule has 7 heteroatoms. The first kappa shape index (κ1) is 20.9. The van der Waals surface area contributed by atoms with Gasteiger partial charge < -0.3 is 24.4 Å². The van der Waals surface area contributed by atoms with Crippen LogP contribution in [0.5, 0.6) is 11.5 Å². The minimum absolute atomic E-state index is 0.00959. The zero-order valence-electron chi connectivity index (χ0n) is 17.6. The largest absolute Gasteiger partial charge is 0.508 e. The van der Waals surface area contributed by atoms with Crippen molar-refractivity contribution in [2.45, 2.75) is 44.5 Å². The molecule has 0 radical (unpaired) electrons. The highest BCUT2D eigenvalue weighted by Crippen LogP contribution is 2.41. The molecule has 2 aromatic rings. The third kappa shape index (κ3) is 3.77. The van der Waals surface area contributed by atoms with E-state index >= 15 is 0 Å². The Morgan fingerprint density at radius 1 is 1.13 bits per heavy atom. The van der Waals surface area contributed by atoms with Crippen LogP contribution in [0, 0.1) is 0 Å². The molecular weight excluding hydrogens is 400 g/mol. The van der Waals surface area contributed by atoms with Gasteiger partial charge in [0.05, 0.1) is 18.3 Å². The summed E-state index contributed by atoms with van der Waals surface area (Å²) in [6.07, 6.45) is 1.86. The zero-order valence-corrected chi connectivity index (χ0v) is 17.6. The van der Waals surface area contributed by atoms with Crippen LogP contribution in [-0.4, -0.2) is 40.6 Å². The molecule has 0 spiro atoms. The molecule has 0 aliphatic carbocycles. The van der Waals surface area contributed by atoms with Gasteiger partial charge in [0.25, 0.3) is 0 Å². The van der Waals surface area contributed by atoms with Gasteiger partial charge in [-0.2, -0.15) is 0 Å². The Morgan fingerprint density at radius 2 is 1.84 bits per heavy atom. The Bertz CT molecular complexity index is 1080. The van der Waals surface area contributed by atoms with Gasteiger partial charge in [0.15, 0.2) is 0 Å². The number of benzene rings is 2. The molecule has 0 fully saturated rings. The number of phenols is 1. The number of rotatable bonds is 4. The molecule has 7 nitrogen and oxygen atoms in total. The van der Waals surface area contributed by atoms with Crippen LogP contribution in [0.3, 0.4) is 0 Å². The monoisotopic (exact) mass is 424 g/mol. The van der Waals surface area contributed by atoms with Crippen LogP contribution in [-0.2, 0) is 31.9 Å².